The normalized spacial score (nSPS) is 17.1. The molecule has 0 aliphatic heterocycles. The highest BCUT2D eigenvalue weighted by atomic mass is 16.4. The van der Waals surface area contributed by atoms with Gasteiger partial charge < -0.3 is 5.21 Å². The van der Waals surface area contributed by atoms with Crippen LogP contribution in [0.15, 0.2) is 23.4 Å². The lowest BCUT2D eigenvalue weighted by Gasteiger charge is -2.07. The van der Waals surface area contributed by atoms with Gasteiger partial charge in [0.05, 0.1) is 5.71 Å². The topological polar surface area (TPSA) is 32.6 Å². The summed E-state index contributed by atoms with van der Waals surface area (Å²) in [5.41, 5.74) is 4.41. The van der Waals surface area contributed by atoms with Gasteiger partial charge in [0, 0.05) is 11.5 Å². The van der Waals surface area contributed by atoms with Gasteiger partial charge in [-0.25, -0.2) is 0 Å². The van der Waals surface area contributed by atoms with Crippen LogP contribution >= 0.6 is 0 Å². The Hall–Kier alpha value is -1.31. The lowest BCUT2D eigenvalue weighted by Crippen LogP contribution is -2.05. The van der Waals surface area contributed by atoms with E-state index in [4.69, 9.17) is 5.21 Å². The first-order valence-corrected chi connectivity index (χ1v) is 5.02. The lowest BCUT2D eigenvalue weighted by molar-refractivity contribution is 0.317. The fourth-order valence-corrected chi connectivity index (χ4v) is 1.81. The maximum Gasteiger partial charge on any atom is 0.0901 e. The third-order valence-electron chi connectivity index (χ3n) is 2.73. The van der Waals surface area contributed by atoms with Crippen LogP contribution in [-0.2, 0) is 0 Å². The van der Waals surface area contributed by atoms with Gasteiger partial charge in [0.1, 0.15) is 0 Å². The molecule has 2 heteroatoms. The van der Waals surface area contributed by atoms with Crippen LogP contribution in [0, 0.1) is 19.8 Å². The van der Waals surface area contributed by atoms with Crippen molar-refractivity contribution >= 4 is 5.71 Å². The second kappa shape index (κ2) is 3.45. The number of rotatable bonds is 2. The lowest BCUT2D eigenvalue weighted by atomic mass is 9.99. The molecule has 2 nitrogen and oxygen atoms in total. The van der Waals surface area contributed by atoms with Crippen LogP contribution in [0.1, 0.15) is 29.5 Å². The standard InChI is InChI=1S/C12H15NO/c1-8-3-6-11(9(2)7-8)12(13-14)10-4-5-10/h3,6-7,10,14H,4-5H2,1-2H3/b13-12-. The number of oxime groups is 1. The Balaban J connectivity index is 2.39. The van der Waals surface area contributed by atoms with Gasteiger partial charge in [-0.1, -0.05) is 28.9 Å². The molecule has 0 amide bonds. The van der Waals surface area contributed by atoms with Crippen LogP contribution in [0.4, 0.5) is 0 Å². The van der Waals surface area contributed by atoms with Crippen LogP contribution in [0.5, 0.6) is 0 Å². The molecular weight excluding hydrogens is 174 g/mol. The first kappa shape index (κ1) is 9.25. The highest BCUT2D eigenvalue weighted by molar-refractivity contribution is 6.04. The third kappa shape index (κ3) is 1.65. The zero-order valence-electron chi connectivity index (χ0n) is 8.62. The van der Waals surface area contributed by atoms with E-state index in [1.165, 1.54) is 11.1 Å². The van der Waals surface area contributed by atoms with Crippen molar-refractivity contribution in [1.29, 1.82) is 0 Å². The molecule has 2 rings (SSSR count). The Morgan fingerprint density at radius 3 is 2.57 bits per heavy atom. The molecule has 1 aliphatic rings. The Kier molecular flexibility index (Phi) is 2.28. The second-order valence-corrected chi connectivity index (χ2v) is 4.08. The molecular formula is C12H15NO. The molecule has 1 N–H and O–H groups in total. The van der Waals surface area contributed by atoms with Gasteiger partial charge in [-0.15, -0.1) is 0 Å². The number of hydrogen-bond acceptors (Lipinski definition) is 2. The van der Waals surface area contributed by atoms with E-state index in [1.54, 1.807) is 0 Å². The maximum absolute atomic E-state index is 8.97. The van der Waals surface area contributed by atoms with E-state index in [9.17, 15) is 0 Å². The minimum atomic E-state index is 0.487. The van der Waals surface area contributed by atoms with E-state index in [2.05, 4.69) is 37.2 Å². The van der Waals surface area contributed by atoms with E-state index in [0.29, 0.717) is 5.92 Å². The highest BCUT2D eigenvalue weighted by Crippen LogP contribution is 2.34. The summed E-state index contributed by atoms with van der Waals surface area (Å²) in [7, 11) is 0. The van der Waals surface area contributed by atoms with Crippen molar-refractivity contribution in [2.45, 2.75) is 26.7 Å². The molecule has 0 bridgehead atoms. The number of benzene rings is 1. The fourth-order valence-electron chi connectivity index (χ4n) is 1.81. The summed E-state index contributed by atoms with van der Waals surface area (Å²) in [6.07, 6.45) is 2.32. The molecule has 14 heavy (non-hydrogen) atoms. The highest BCUT2D eigenvalue weighted by Gasteiger charge is 2.29. The minimum absolute atomic E-state index is 0.487. The van der Waals surface area contributed by atoms with Crippen LogP contribution in [0.3, 0.4) is 0 Å². The first-order chi connectivity index (χ1) is 6.72. The van der Waals surface area contributed by atoms with Crippen molar-refractivity contribution < 1.29 is 5.21 Å². The number of hydrogen-bond donors (Lipinski definition) is 1. The molecule has 1 fully saturated rings. The van der Waals surface area contributed by atoms with E-state index in [1.807, 2.05) is 0 Å². The number of aryl methyl sites for hydroxylation is 2. The summed E-state index contributed by atoms with van der Waals surface area (Å²) in [5.74, 6) is 0.487. The van der Waals surface area contributed by atoms with E-state index < -0.39 is 0 Å². The van der Waals surface area contributed by atoms with Crippen molar-refractivity contribution in [3.8, 4) is 0 Å². The molecule has 1 saturated carbocycles. The zero-order valence-corrected chi connectivity index (χ0v) is 8.62. The summed E-state index contributed by atoms with van der Waals surface area (Å²) in [4.78, 5) is 0. The van der Waals surface area contributed by atoms with Gasteiger partial charge in [-0.05, 0) is 32.3 Å². The van der Waals surface area contributed by atoms with Gasteiger partial charge in [0.25, 0.3) is 0 Å². The molecule has 1 aromatic carbocycles. The molecule has 0 radical (unpaired) electrons. The first-order valence-electron chi connectivity index (χ1n) is 5.02. The summed E-state index contributed by atoms with van der Waals surface area (Å²) < 4.78 is 0. The summed E-state index contributed by atoms with van der Waals surface area (Å²) in [5, 5.41) is 12.4. The minimum Gasteiger partial charge on any atom is -0.411 e. The smallest absolute Gasteiger partial charge is 0.0901 e. The van der Waals surface area contributed by atoms with Gasteiger partial charge in [0.2, 0.25) is 0 Å². The summed E-state index contributed by atoms with van der Waals surface area (Å²) >= 11 is 0. The summed E-state index contributed by atoms with van der Waals surface area (Å²) in [6, 6.07) is 6.25. The molecule has 0 saturated heterocycles. The van der Waals surface area contributed by atoms with Gasteiger partial charge >= 0.3 is 0 Å². The SMILES string of the molecule is Cc1ccc(/C(=N\O)C2CC2)c(C)c1. The Morgan fingerprint density at radius 1 is 1.36 bits per heavy atom. The largest absolute Gasteiger partial charge is 0.411 e. The Bertz CT molecular complexity index is 378. The van der Waals surface area contributed by atoms with Crippen molar-refractivity contribution in [1.82, 2.24) is 0 Å². The molecule has 1 aromatic rings. The molecule has 0 heterocycles. The van der Waals surface area contributed by atoms with Crippen molar-refractivity contribution in [3.05, 3.63) is 34.9 Å². The van der Waals surface area contributed by atoms with Crippen molar-refractivity contribution in [3.63, 3.8) is 0 Å². The predicted octanol–water partition coefficient (Wildman–Crippen LogP) is 2.89. The van der Waals surface area contributed by atoms with Gasteiger partial charge in [0.15, 0.2) is 0 Å². The average Bonchev–Trinajstić information content (AvgIpc) is 2.93. The molecule has 1 aliphatic carbocycles. The van der Waals surface area contributed by atoms with Gasteiger partial charge in [-0.2, -0.15) is 0 Å². The van der Waals surface area contributed by atoms with Crippen LogP contribution in [0.2, 0.25) is 0 Å². The maximum atomic E-state index is 8.97. The monoisotopic (exact) mass is 189 g/mol. The molecule has 0 spiro atoms. The molecule has 0 aromatic heterocycles. The van der Waals surface area contributed by atoms with Gasteiger partial charge in [-0.3, -0.25) is 0 Å². The third-order valence-corrected chi connectivity index (χ3v) is 2.73. The number of nitrogens with zero attached hydrogens (tertiary/aromatic N) is 1. The average molecular weight is 189 g/mol. The van der Waals surface area contributed by atoms with Crippen LogP contribution < -0.4 is 0 Å². The summed E-state index contributed by atoms with van der Waals surface area (Å²) in [6.45, 7) is 4.14. The second-order valence-electron chi connectivity index (χ2n) is 4.08. The van der Waals surface area contributed by atoms with Crippen LogP contribution in [-0.4, -0.2) is 10.9 Å². The van der Waals surface area contributed by atoms with Crippen molar-refractivity contribution in [2.75, 3.05) is 0 Å². The Morgan fingerprint density at radius 2 is 2.07 bits per heavy atom. The quantitative estimate of drug-likeness (QED) is 0.433. The molecule has 74 valence electrons. The van der Waals surface area contributed by atoms with E-state index >= 15 is 0 Å². The van der Waals surface area contributed by atoms with Crippen molar-refractivity contribution in [2.24, 2.45) is 11.1 Å². The van der Waals surface area contributed by atoms with E-state index in [0.717, 1.165) is 24.1 Å². The molecule has 0 unspecified atom stereocenters. The van der Waals surface area contributed by atoms with Crippen LogP contribution in [0.25, 0.3) is 0 Å². The van der Waals surface area contributed by atoms with E-state index in [-0.39, 0.29) is 0 Å². The predicted molar refractivity (Wildman–Crippen MR) is 57.0 cm³/mol. The zero-order chi connectivity index (χ0) is 10.1. The Labute approximate surface area is 84.3 Å². The fraction of sp³-hybridized carbons (Fsp3) is 0.417. The molecule has 0 atom stereocenters.